The lowest BCUT2D eigenvalue weighted by Crippen LogP contribution is -2.49. The summed E-state index contributed by atoms with van der Waals surface area (Å²) in [6.07, 6.45) is 0.964. The zero-order valence-corrected chi connectivity index (χ0v) is 13.7. The van der Waals surface area contributed by atoms with Gasteiger partial charge in [0.2, 0.25) is 12.2 Å². The van der Waals surface area contributed by atoms with E-state index >= 15 is 0 Å². The average molecular weight is 314 g/mol. The summed E-state index contributed by atoms with van der Waals surface area (Å²) in [6.45, 7) is 6.31. The molecule has 122 valence electrons. The van der Waals surface area contributed by atoms with Crippen LogP contribution in [0.1, 0.15) is 26.3 Å². The lowest BCUT2D eigenvalue weighted by molar-refractivity contribution is -0.161. The zero-order chi connectivity index (χ0) is 16.8. The number of carbonyl (C=O) groups excluding carboxylic acids is 1. The lowest BCUT2D eigenvalue weighted by Gasteiger charge is -2.40. The van der Waals surface area contributed by atoms with Gasteiger partial charge in [-0.2, -0.15) is 5.26 Å². The van der Waals surface area contributed by atoms with E-state index in [0.29, 0.717) is 18.7 Å². The first-order valence-electron chi connectivity index (χ1n) is 7.76. The van der Waals surface area contributed by atoms with Crippen LogP contribution in [0.15, 0.2) is 42.2 Å². The number of rotatable bonds is 5. The Morgan fingerprint density at radius 1 is 1.39 bits per heavy atom. The molecule has 1 aromatic rings. The number of ether oxygens (including phenoxy) is 2. The fraction of sp³-hybridized carbons (Fsp3) is 0.444. The van der Waals surface area contributed by atoms with Gasteiger partial charge in [-0.1, -0.05) is 37.3 Å². The molecule has 5 heteroatoms. The molecule has 0 aromatic heterocycles. The van der Waals surface area contributed by atoms with Crippen LogP contribution in [0.4, 0.5) is 0 Å². The Balaban J connectivity index is 2.31. The smallest absolute Gasteiger partial charge is 0.220 e. The maximum atomic E-state index is 12.2. The van der Waals surface area contributed by atoms with Crippen LogP contribution in [0.25, 0.3) is 0 Å². The van der Waals surface area contributed by atoms with Gasteiger partial charge < -0.3 is 14.4 Å². The number of benzene rings is 1. The van der Waals surface area contributed by atoms with Crippen molar-refractivity contribution in [2.24, 2.45) is 5.92 Å². The third kappa shape index (κ3) is 3.91. The molecule has 1 heterocycles. The molecule has 0 bridgehead atoms. The molecule has 0 saturated heterocycles. The Labute approximate surface area is 137 Å². The quantitative estimate of drug-likeness (QED) is 0.838. The fourth-order valence-corrected chi connectivity index (χ4v) is 2.85. The third-order valence-electron chi connectivity index (χ3n) is 3.97. The van der Waals surface area contributed by atoms with E-state index in [1.54, 1.807) is 4.90 Å². The topological polar surface area (TPSA) is 62.6 Å². The van der Waals surface area contributed by atoms with Crippen molar-refractivity contribution in [2.45, 2.75) is 39.6 Å². The molecule has 1 aromatic carbocycles. The van der Waals surface area contributed by atoms with E-state index in [-0.39, 0.29) is 17.9 Å². The van der Waals surface area contributed by atoms with E-state index in [2.05, 4.69) is 6.07 Å². The molecule has 23 heavy (non-hydrogen) atoms. The molecule has 0 fully saturated rings. The van der Waals surface area contributed by atoms with E-state index in [4.69, 9.17) is 9.47 Å². The first kappa shape index (κ1) is 17.0. The average Bonchev–Trinajstić information content (AvgIpc) is 2.55. The standard InChI is InChI=1S/C18H22N2O3/c1-4-22-18-13(2)17(16(10-19)12-23-18)20(14(3)21)11-15-8-6-5-7-9-15/h5-9,12-13,17-18H,4,11H2,1-3H3. The maximum Gasteiger partial charge on any atom is 0.220 e. The monoisotopic (exact) mass is 314 g/mol. The largest absolute Gasteiger partial charge is 0.471 e. The Hall–Kier alpha value is -2.32. The Morgan fingerprint density at radius 3 is 2.65 bits per heavy atom. The molecule has 3 unspecified atom stereocenters. The van der Waals surface area contributed by atoms with Crippen molar-refractivity contribution in [3.63, 3.8) is 0 Å². The first-order valence-corrected chi connectivity index (χ1v) is 7.76. The van der Waals surface area contributed by atoms with Crippen molar-refractivity contribution >= 4 is 5.91 Å². The second kappa shape index (κ2) is 7.80. The van der Waals surface area contributed by atoms with Crippen LogP contribution in [0.5, 0.6) is 0 Å². The number of hydrogen-bond acceptors (Lipinski definition) is 4. The van der Waals surface area contributed by atoms with E-state index < -0.39 is 6.29 Å². The van der Waals surface area contributed by atoms with Gasteiger partial charge in [0.05, 0.1) is 11.6 Å². The van der Waals surface area contributed by atoms with E-state index in [9.17, 15) is 10.1 Å². The highest BCUT2D eigenvalue weighted by Crippen LogP contribution is 2.30. The molecular formula is C18H22N2O3. The van der Waals surface area contributed by atoms with Gasteiger partial charge in [-0.05, 0) is 12.5 Å². The molecule has 0 saturated carbocycles. The van der Waals surface area contributed by atoms with Crippen molar-refractivity contribution in [1.29, 1.82) is 5.26 Å². The normalized spacial score (nSPS) is 23.4. The minimum Gasteiger partial charge on any atom is -0.471 e. The zero-order valence-electron chi connectivity index (χ0n) is 13.7. The molecule has 1 aliphatic heterocycles. The summed E-state index contributed by atoms with van der Waals surface area (Å²) < 4.78 is 11.1. The Bertz CT molecular complexity index is 606. The van der Waals surface area contributed by atoms with Crippen molar-refractivity contribution in [3.8, 4) is 6.07 Å². The summed E-state index contributed by atoms with van der Waals surface area (Å²) in [4.78, 5) is 13.9. The van der Waals surface area contributed by atoms with E-state index in [1.807, 2.05) is 44.2 Å². The minimum absolute atomic E-state index is 0.0796. The Morgan fingerprint density at radius 2 is 2.09 bits per heavy atom. The predicted octanol–water partition coefficient (Wildman–Crippen LogP) is 2.84. The molecule has 0 N–H and O–H groups in total. The van der Waals surface area contributed by atoms with Crippen molar-refractivity contribution in [1.82, 2.24) is 4.90 Å². The number of carbonyl (C=O) groups is 1. The molecule has 1 aliphatic rings. The molecule has 5 nitrogen and oxygen atoms in total. The van der Waals surface area contributed by atoms with Crippen LogP contribution in [0, 0.1) is 17.2 Å². The number of nitrogens with zero attached hydrogens (tertiary/aromatic N) is 2. The highest BCUT2D eigenvalue weighted by atomic mass is 16.7. The second-order valence-corrected chi connectivity index (χ2v) is 5.58. The van der Waals surface area contributed by atoms with Crippen molar-refractivity contribution < 1.29 is 14.3 Å². The third-order valence-corrected chi connectivity index (χ3v) is 3.97. The number of amides is 1. The first-order chi connectivity index (χ1) is 11.1. The molecule has 0 aliphatic carbocycles. The SMILES string of the molecule is CCOC1OC=C(C#N)C(N(Cc2ccccc2)C(C)=O)C1C. The van der Waals surface area contributed by atoms with Crippen LogP contribution in [-0.2, 0) is 20.8 Å². The molecule has 1 amide bonds. The van der Waals surface area contributed by atoms with Crippen molar-refractivity contribution in [3.05, 3.63) is 47.7 Å². The second-order valence-electron chi connectivity index (χ2n) is 5.58. The van der Waals surface area contributed by atoms with Gasteiger partial charge in [-0.15, -0.1) is 0 Å². The van der Waals surface area contributed by atoms with Gasteiger partial charge in [-0.3, -0.25) is 4.79 Å². The molecular weight excluding hydrogens is 292 g/mol. The summed E-state index contributed by atoms with van der Waals surface area (Å²) >= 11 is 0. The predicted molar refractivity (Wildman–Crippen MR) is 85.8 cm³/mol. The van der Waals surface area contributed by atoms with E-state index in [0.717, 1.165) is 5.56 Å². The van der Waals surface area contributed by atoms with Crippen LogP contribution in [0.3, 0.4) is 0 Å². The number of nitriles is 1. The Kier molecular flexibility index (Phi) is 5.78. The summed E-state index contributed by atoms with van der Waals surface area (Å²) in [5, 5.41) is 9.42. The van der Waals surface area contributed by atoms with Gasteiger partial charge in [0.1, 0.15) is 12.3 Å². The minimum atomic E-state index is -0.459. The maximum absolute atomic E-state index is 12.2. The van der Waals surface area contributed by atoms with Gasteiger partial charge in [0.15, 0.2) is 0 Å². The van der Waals surface area contributed by atoms with Gasteiger partial charge in [0, 0.05) is 26.0 Å². The van der Waals surface area contributed by atoms with Crippen LogP contribution in [0.2, 0.25) is 0 Å². The van der Waals surface area contributed by atoms with Gasteiger partial charge in [-0.25, -0.2) is 0 Å². The van der Waals surface area contributed by atoms with Gasteiger partial charge in [0.25, 0.3) is 0 Å². The summed E-state index contributed by atoms with van der Waals surface area (Å²) in [7, 11) is 0. The highest BCUT2D eigenvalue weighted by molar-refractivity contribution is 5.74. The highest BCUT2D eigenvalue weighted by Gasteiger charge is 2.39. The summed E-state index contributed by atoms with van der Waals surface area (Å²) in [5.74, 6) is -0.216. The van der Waals surface area contributed by atoms with Gasteiger partial charge >= 0.3 is 0 Å². The van der Waals surface area contributed by atoms with E-state index in [1.165, 1.54) is 13.2 Å². The lowest BCUT2D eigenvalue weighted by atomic mass is 9.91. The molecule has 0 radical (unpaired) electrons. The van der Waals surface area contributed by atoms with Crippen LogP contribution in [-0.4, -0.2) is 29.7 Å². The number of hydrogen-bond donors (Lipinski definition) is 0. The molecule has 0 spiro atoms. The van der Waals surface area contributed by atoms with Crippen molar-refractivity contribution in [2.75, 3.05) is 6.61 Å². The van der Waals surface area contributed by atoms with Crippen LogP contribution >= 0.6 is 0 Å². The summed E-state index contributed by atoms with van der Waals surface area (Å²) in [6, 6.07) is 11.5. The molecule has 3 atom stereocenters. The fourth-order valence-electron chi connectivity index (χ4n) is 2.85. The summed E-state index contributed by atoms with van der Waals surface area (Å²) in [5.41, 5.74) is 1.46. The van der Waals surface area contributed by atoms with Crippen LogP contribution < -0.4 is 0 Å². The molecule has 2 rings (SSSR count).